The minimum Gasteiger partial charge on any atom is -0.320 e. The highest BCUT2D eigenvalue weighted by Gasteiger charge is 2.16. The Kier molecular flexibility index (Phi) is 9.50. The van der Waals surface area contributed by atoms with Crippen molar-refractivity contribution >= 4 is 46.5 Å². The van der Waals surface area contributed by atoms with E-state index in [0.717, 1.165) is 34.7 Å². The second-order valence-corrected chi connectivity index (χ2v) is 7.94. The van der Waals surface area contributed by atoms with Crippen LogP contribution in [0.4, 0.5) is 5.13 Å². The maximum atomic E-state index is 12.1. The summed E-state index contributed by atoms with van der Waals surface area (Å²) in [5.74, 6) is 0.712. The topological polar surface area (TPSA) is 68.0 Å². The van der Waals surface area contributed by atoms with E-state index in [1.54, 1.807) is 11.8 Å². The molecule has 1 atom stereocenters. The van der Waals surface area contributed by atoms with Gasteiger partial charge < -0.3 is 11.1 Å². The SMILES string of the molecule is CCCc1ccc(-c2nc(NC(=O)C(N)CCSC)sc2C)cc1.Cl. The third-order valence-electron chi connectivity index (χ3n) is 3.76. The van der Waals surface area contributed by atoms with Crippen LogP contribution >= 0.6 is 35.5 Å². The number of thiazole rings is 1. The normalized spacial score (nSPS) is 11.7. The molecule has 138 valence electrons. The second kappa shape index (κ2) is 10.8. The molecule has 3 N–H and O–H groups in total. The average molecular weight is 400 g/mol. The van der Waals surface area contributed by atoms with Crippen LogP contribution in [-0.2, 0) is 11.2 Å². The number of hydrogen-bond acceptors (Lipinski definition) is 5. The molecule has 1 aromatic carbocycles. The number of halogens is 1. The first-order chi connectivity index (χ1) is 11.5. The van der Waals surface area contributed by atoms with Crippen LogP contribution in [0.15, 0.2) is 24.3 Å². The fourth-order valence-electron chi connectivity index (χ4n) is 2.41. The number of carbonyl (C=O) groups is 1. The predicted octanol–water partition coefficient (Wildman–Crippen LogP) is 4.51. The molecule has 1 amide bonds. The van der Waals surface area contributed by atoms with Crippen LogP contribution in [0.1, 0.15) is 30.2 Å². The largest absolute Gasteiger partial charge is 0.320 e. The third-order valence-corrected chi connectivity index (χ3v) is 5.29. The van der Waals surface area contributed by atoms with Crippen molar-refractivity contribution in [1.82, 2.24) is 4.98 Å². The van der Waals surface area contributed by atoms with Gasteiger partial charge in [0.25, 0.3) is 0 Å². The molecule has 4 nitrogen and oxygen atoms in total. The first kappa shape index (κ1) is 22.0. The van der Waals surface area contributed by atoms with Gasteiger partial charge in [-0.25, -0.2) is 4.98 Å². The van der Waals surface area contributed by atoms with E-state index >= 15 is 0 Å². The fraction of sp³-hybridized carbons (Fsp3) is 0.444. The predicted molar refractivity (Wildman–Crippen MR) is 113 cm³/mol. The number of thioether (sulfide) groups is 1. The smallest absolute Gasteiger partial charge is 0.243 e. The van der Waals surface area contributed by atoms with Gasteiger partial charge in [0, 0.05) is 10.4 Å². The van der Waals surface area contributed by atoms with Crippen LogP contribution in [0, 0.1) is 6.92 Å². The molecule has 0 spiro atoms. The van der Waals surface area contributed by atoms with Gasteiger partial charge in [-0.15, -0.1) is 23.7 Å². The Bertz CT molecular complexity index is 673. The Labute approximate surface area is 164 Å². The highest BCUT2D eigenvalue weighted by Crippen LogP contribution is 2.30. The van der Waals surface area contributed by atoms with E-state index in [1.165, 1.54) is 16.9 Å². The second-order valence-electron chi connectivity index (χ2n) is 5.75. The lowest BCUT2D eigenvalue weighted by molar-refractivity contribution is -0.117. The summed E-state index contributed by atoms with van der Waals surface area (Å²) in [5, 5.41) is 3.46. The molecule has 0 aliphatic heterocycles. The van der Waals surface area contributed by atoms with Gasteiger partial charge in [0.15, 0.2) is 5.13 Å². The number of hydrogen-bond donors (Lipinski definition) is 2. The number of nitrogens with two attached hydrogens (primary N) is 1. The molecule has 1 unspecified atom stereocenters. The van der Waals surface area contributed by atoms with E-state index < -0.39 is 6.04 Å². The van der Waals surface area contributed by atoms with Crippen molar-refractivity contribution in [2.75, 3.05) is 17.3 Å². The number of rotatable bonds is 8. The molecule has 2 aromatic rings. The summed E-state index contributed by atoms with van der Waals surface area (Å²) < 4.78 is 0. The van der Waals surface area contributed by atoms with Crippen molar-refractivity contribution < 1.29 is 4.79 Å². The molecule has 0 fully saturated rings. The monoisotopic (exact) mass is 399 g/mol. The molecule has 0 saturated heterocycles. The zero-order valence-corrected chi connectivity index (χ0v) is 17.3. The number of aromatic nitrogens is 1. The van der Waals surface area contributed by atoms with Gasteiger partial charge in [-0.2, -0.15) is 11.8 Å². The average Bonchev–Trinajstić information content (AvgIpc) is 2.94. The lowest BCUT2D eigenvalue weighted by atomic mass is 10.1. The van der Waals surface area contributed by atoms with Gasteiger partial charge in [-0.1, -0.05) is 37.6 Å². The first-order valence-electron chi connectivity index (χ1n) is 8.17. The fourth-order valence-corrected chi connectivity index (χ4v) is 3.74. The number of nitrogens with one attached hydrogen (secondary N) is 1. The van der Waals surface area contributed by atoms with Gasteiger partial charge >= 0.3 is 0 Å². The Morgan fingerprint density at radius 3 is 2.64 bits per heavy atom. The van der Waals surface area contributed by atoms with Gasteiger partial charge in [0.2, 0.25) is 5.91 Å². The summed E-state index contributed by atoms with van der Waals surface area (Å²) in [4.78, 5) is 17.8. The molecule has 7 heteroatoms. The van der Waals surface area contributed by atoms with Crippen LogP contribution in [-0.4, -0.2) is 28.9 Å². The molecular formula is C18H26ClN3OS2. The van der Waals surface area contributed by atoms with Gasteiger partial charge in [-0.3, -0.25) is 4.79 Å². The Morgan fingerprint density at radius 2 is 2.04 bits per heavy atom. The summed E-state index contributed by atoms with van der Waals surface area (Å²) in [6.07, 6.45) is 4.91. The van der Waals surface area contributed by atoms with Crippen LogP contribution in [0.3, 0.4) is 0 Å². The minimum absolute atomic E-state index is 0. The molecular weight excluding hydrogens is 374 g/mol. The summed E-state index contributed by atoms with van der Waals surface area (Å²) in [6, 6.07) is 8.01. The highest BCUT2D eigenvalue weighted by atomic mass is 35.5. The van der Waals surface area contributed by atoms with E-state index in [9.17, 15) is 4.79 Å². The third kappa shape index (κ3) is 6.29. The van der Waals surface area contributed by atoms with Crippen LogP contribution < -0.4 is 11.1 Å². The standard InChI is InChI=1S/C18H25N3OS2.ClH/c1-4-5-13-6-8-14(9-7-13)16-12(2)24-18(20-16)21-17(22)15(19)10-11-23-3;/h6-9,15H,4-5,10-11,19H2,1-3H3,(H,20,21,22);1H. The zero-order chi connectivity index (χ0) is 17.5. The van der Waals surface area contributed by atoms with Crippen molar-refractivity contribution in [2.45, 2.75) is 39.2 Å². The van der Waals surface area contributed by atoms with E-state index in [0.29, 0.717) is 11.6 Å². The molecule has 2 rings (SSSR count). The highest BCUT2D eigenvalue weighted by molar-refractivity contribution is 7.98. The maximum Gasteiger partial charge on any atom is 0.243 e. The Hall–Kier alpha value is -1.08. The number of anilines is 1. The molecule has 1 aromatic heterocycles. The van der Waals surface area contributed by atoms with Crippen LogP contribution in [0.25, 0.3) is 11.3 Å². The quantitative estimate of drug-likeness (QED) is 0.685. The summed E-state index contributed by atoms with van der Waals surface area (Å²) in [6.45, 7) is 4.20. The van der Waals surface area contributed by atoms with Crippen molar-refractivity contribution in [3.63, 3.8) is 0 Å². The molecule has 0 radical (unpaired) electrons. The van der Waals surface area contributed by atoms with Crippen molar-refractivity contribution in [3.8, 4) is 11.3 Å². The summed E-state index contributed by atoms with van der Waals surface area (Å²) in [7, 11) is 0. The number of benzene rings is 1. The van der Waals surface area contributed by atoms with Crippen LogP contribution in [0.2, 0.25) is 0 Å². The van der Waals surface area contributed by atoms with E-state index in [2.05, 4.69) is 41.5 Å². The maximum absolute atomic E-state index is 12.1. The molecule has 0 bridgehead atoms. The van der Waals surface area contributed by atoms with Gasteiger partial charge in [0.05, 0.1) is 11.7 Å². The van der Waals surface area contributed by atoms with Crippen molar-refractivity contribution in [1.29, 1.82) is 0 Å². The van der Waals surface area contributed by atoms with E-state index in [-0.39, 0.29) is 18.3 Å². The summed E-state index contributed by atoms with van der Waals surface area (Å²) in [5.41, 5.74) is 9.25. The first-order valence-corrected chi connectivity index (χ1v) is 10.4. The van der Waals surface area contributed by atoms with Gasteiger partial charge in [0.1, 0.15) is 0 Å². The number of amides is 1. The lowest BCUT2D eigenvalue weighted by Gasteiger charge is -2.09. The number of aryl methyl sites for hydroxylation is 2. The number of carbonyl (C=O) groups excluding carboxylic acids is 1. The molecule has 0 aliphatic carbocycles. The Balaban J connectivity index is 0.00000312. The Morgan fingerprint density at radius 1 is 1.36 bits per heavy atom. The molecule has 1 heterocycles. The van der Waals surface area contributed by atoms with E-state index in [1.807, 2.05) is 13.2 Å². The molecule has 0 aliphatic rings. The van der Waals surface area contributed by atoms with Crippen molar-refractivity contribution in [3.05, 3.63) is 34.7 Å². The zero-order valence-electron chi connectivity index (χ0n) is 14.9. The summed E-state index contributed by atoms with van der Waals surface area (Å²) >= 11 is 3.18. The minimum atomic E-state index is -0.488. The molecule has 25 heavy (non-hydrogen) atoms. The van der Waals surface area contributed by atoms with Crippen LogP contribution in [0.5, 0.6) is 0 Å². The number of nitrogens with zero attached hydrogens (tertiary/aromatic N) is 1. The van der Waals surface area contributed by atoms with Gasteiger partial charge in [-0.05, 0) is 37.3 Å². The van der Waals surface area contributed by atoms with E-state index in [4.69, 9.17) is 5.73 Å². The lowest BCUT2D eigenvalue weighted by Crippen LogP contribution is -2.36. The molecule has 0 saturated carbocycles. The van der Waals surface area contributed by atoms with Crippen molar-refractivity contribution in [2.24, 2.45) is 5.73 Å².